The quantitative estimate of drug-likeness (QED) is 0.564. The second kappa shape index (κ2) is 7.82. The Balaban J connectivity index is 1.64. The molecule has 3 rings (SSSR count). The molecule has 0 spiro atoms. The number of halogens is 3. The van der Waals surface area contributed by atoms with Crippen LogP contribution in [0, 0.1) is 10.1 Å². The lowest BCUT2D eigenvalue weighted by atomic mass is 10.1. The number of piperazine rings is 1. The maximum absolute atomic E-state index is 12.8. The van der Waals surface area contributed by atoms with Crippen molar-refractivity contribution in [2.75, 3.05) is 31.1 Å². The number of aromatic nitrogens is 3. The minimum atomic E-state index is -4.65. The van der Waals surface area contributed by atoms with E-state index in [2.05, 4.69) is 10.1 Å². The third-order valence-electron chi connectivity index (χ3n) is 4.49. The molecule has 0 bridgehead atoms. The second-order valence-electron chi connectivity index (χ2n) is 6.23. The third-order valence-corrected chi connectivity index (χ3v) is 4.49. The molecule has 0 unspecified atom stereocenters. The number of carbonyl (C=O) groups excluding carboxylic acids is 1. The normalized spacial score (nSPS) is 15.0. The van der Waals surface area contributed by atoms with Gasteiger partial charge in [-0.2, -0.15) is 18.3 Å². The van der Waals surface area contributed by atoms with Gasteiger partial charge in [0.25, 0.3) is 5.69 Å². The lowest BCUT2D eigenvalue weighted by Crippen LogP contribution is -2.49. The van der Waals surface area contributed by atoms with Crippen LogP contribution in [-0.4, -0.2) is 56.7 Å². The van der Waals surface area contributed by atoms with Crippen LogP contribution in [0.3, 0.4) is 0 Å². The number of rotatable bonds is 5. The monoisotopic (exact) mass is 398 g/mol. The summed E-state index contributed by atoms with van der Waals surface area (Å²) in [5, 5.41) is 15.2. The van der Waals surface area contributed by atoms with Gasteiger partial charge in [-0.25, -0.2) is 4.98 Å². The van der Waals surface area contributed by atoms with Gasteiger partial charge in [0.2, 0.25) is 5.91 Å². The molecule has 0 N–H and O–H groups in total. The van der Waals surface area contributed by atoms with Crippen LogP contribution in [0.1, 0.15) is 12.0 Å². The molecule has 1 amide bonds. The number of nitro groups is 1. The van der Waals surface area contributed by atoms with Crippen LogP contribution >= 0.6 is 0 Å². The van der Waals surface area contributed by atoms with E-state index < -0.39 is 22.4 Å². The minimum Gasteiger partial charge on any atom is -0.362 e. The van der Waals surface area contributed by atoms with Gasteiger partial charge in [0.05, 0.1) is 17.0 Å². The Kier molecular flexibility index (Phi) is 5.47. The van der Waals surface area contributed by atoms with Crippen LogP contribution in [0.15, 0.2) is 30.9 Å². The molecule has 1 fully saturated rings. The van der Waals surface area contributed by atoms with Crippen LogP contribution < -0.4 is 4.90 Å². The van der Waals surface area contributed by atoms with Gasteiger partial charge in [0.1, 0.15) is 18.3 Å². The van der Waals surface area contributed by atoms with Crippen molar-refractivity contribution in [2.45, 2.75) is 19.1 Å². The van der Waals surface area contributed by atoms with E-state index in [1.54, 1.807) is 14.5 Å². The smallest absolute Gasteiger partial charge is 0.362 e. The summed E-state index contributed by atoms with van der Waals surface area (Å²) in [5.74, 6) is -0.0860. The Hall–Kier alpha value is -3.18. The van der Waals surface area contributed by atoms with E-state index in [1.165, 1.54) is 12.7 Å². The first kappa shape index (κ1) is 19.6. The zero-order valence-electron chi connectivity index (χ0n) is 14.7. The molecule has 0 radical (unpaired) electrons. The Morgan fingerprint density at radius 1 is 1.21 bits per heavy atom. The standard InChI is InChI=1S/C16H17F3N6O3/c17-16(18,19)12-1-2-13(14(9-12)25(27)28)22-5-7-23(8-6-22)15(26)3-4-24-11-20-10-21-24/h1-2,9-11H,3-8H2. The molecule has 1 aliphatic heterocycles. The second-order valence-corrected chi connectivity index (χ2v) is 6.23. The van der Waals surface area contributed by atoms with E-state index in [-0.39, 0.29) is 18.0 Å². The fraction of sp³-hybridized carbons (Fsp3) is 0.438. The molecule has 2 heterocycles. The Bertz CT molecular complexity index is 848. The molecule has 1 aliphatic rings. The minimum absolute atomic E-state index is 0.0860. The van der Waals surface area contributed by atoms with Gasteiger partial charge in [0, 0.05) is 38.7 Å². The fourth-order valence-corrected chi connectivity index (χ4v) is 3.03. The number of nitro benzene ring substituents is 1. The molecule has 1 saturated heterocycles. The number of carbonyl (C=O) groups is 1. The number of benzene rings is 1. The molecule has 9 nitrogen and oxygen atoms in total. The van der Waals surface area contributed by atoms with E-state index in [4.69, 9.17) is 0 Å². The van der Waals surface area contributed by atoms with Gasteiger partial charge in [-0.05, 0) is 12.1 Å². The summed E-state index contributed by atoms with van der Waals surface area (Å²) in [7, 11) is 0. The molecule has 0 saturated carbocycles. The Morgan fingerprint density at radius 3 is 2.50 bits per heavy atom. The zero-order valence-corrected chi connectivity index (χ0v) is 14.7. The molecule has 1 aromatic carbocycles. The molecule has 28 heavy (non-hydrogen) atoms. The average molecular weight is 398 g/mol. The van der Waals surface area contributed by atoms with Crippen molar-refractivity contribution in [2.24, 2.45) is 0 Å². The molecular weight excluding hydrogens is 381 g/mol. The van der Waals surface area contributed by atoms with Gasteiger partial charge >= 0.3 is 6.18 Å². The van der Waals surface area contributed by atoms with Crippen molar-refractivity contribution >= 4 is 17.3 Å². The van der Waals surface area contributed by atoms with Crippen molar-refractivity contribution < 1.29 is 22.9 Å². The highest BCUT2D eigenvalue weighted by molar-refractivity contribution is 5.76. The lowest BCUT2D eigenvalue weighted by Gasteiger charge is -2.36. The van der Waals surface area contributed by atoms with Crippen molar-refractivity contribution in [1.29, 1.82) is 0 Å². The molecule has 150 valence electrons. The van der Waals surface area contributed by atoms with Crippen LogP contribution in [-0.2, 0) is 17.5 Å². The Morgan fingerprint density at radius 2 is 1.93 bits per heavy atom. The van der Waals surface area contributed by atoms with E-state index in [0.29, 0.717) is 38.8 Å². The van der Waals surface area contributed by atoms with Crippen molar-refractivity contribution in [3.63, 3.8) is 0 Å². The summed E-state index contributed by atoms with van der Waals surface area (Å²) in [5.41, 5.74) is -1.54. The highest BCUT2D eigenvalue weighted by Gasteiger charge is 2.34. The lowest BCUT2D eigenvalue weighted by molar-refractivity contribution is -0.384. The van der Waals surface area contributed by atoms with Gasteiger partial charge in [-0.1, -0.05) is 0 Å². The highest BCUT2D eigenvalue weighted by Crippen LogP contribution is 2.36. The molecular formula is C16H17F3N6O3. The van der Waals surface area contributed by atoms with Crippen LogP contribution in [0.2, 0.25) is 0 Å². The average Bonchev–Trinajstić information content (AvgIpc) is 3.18. The zero-order chi connectivity index (χ0) is 20.3. The van der Waals surface area contributed by atoms with Gasteiger partial charge in [0.15, 0.2) is 0 Å². The van der Waals surface area contributed by atoms with Gasteiger partial charge in [-0.3, -0.25) is 19.6 Å². The maximum Gasteiger partial charge on any atom is 0.416 e. The molecule has 2 aromatic rings. The van der Waals surface area contributed by atoms with Gasteiger partial charge in [-0.15, -0.1) is 0 Å². The number of aryl methyl sites for hydroxylation is 1. The number of nitrogens with zero attached hydrogens (tertiary/aromatic N) is 6. The first-order valence-corrected chi connectivity index (χ1v) is 8.46. The van der Waals surface area contributed by atoms with E-state index in [1.807, 2.05) is 0 Å². The molecule has 0 aliphatic carbocycles. The van der Waals surface area contributed by atoms with E-state index in [0.717, 1.165) is 12.1 Å². The number of alkyl halides is 3. The predicted octanol–water partition coefficient (Wildman–Crippen LogP) is 1.94. The van der Waals surface area contributed by atoms with E-state index in [9.17, 15) is 28.1 Å². The molecule has 0 atom stereocenters. The third kappa shape index (κ3) is 4.38. The van der Waals surface area contributed by atoms with Crippen LogP contribution in [0.5, 0.6) is 0 Å². The number of hydrogen-bond donors (Lipinski definition) is 0. The summed E-state index contributed by atoms with van der Waals surface area (Å²) in [4.78, 5) is 29.8. The largest absolute Gasteiger partial charge is 0.416 e. The summed E-state index contributed by atoms with van der Waals surface area (Å²) in [6.45, 7) is 1.63. The van der Waals surface area contributed by atoms with Crippen LogP contribution in [0.25, 0.3) is 0 Å². The number of anilines is 1. The van der Waals surface area contributed by atoms with Crippen molar-refractivity contribution in [3.05, 3.63) is 46.5 Å². The fourth-order valence-electron chi connectivity index (χ4n) is 3.03. The number of hydrogen-bond acceptors (Lipinski definition) is 6. The first-order chi connectivity index (χ1) is 13.3. The maximum atomic E-state index is 12.8. The molecule has 1 aromatic heterocycles. The van der Waals surface area contributed by atoms with E-state index >= 15 is 0 Å². The summed E-state index contributed by atoms with van der Waals surface area (Å²) in [6, 6.07) is 2.49. The van der Waals surface area contributed by atoms with Crippen LogP contribution in [0.4, 0.5) is 24.5 Å². The van der Waals surface area contributed by atoms with Crippen molar-refractivity contribution in [1.82, 2.24) is 19.7 Å². The topological polar surface area (TPSA) is 97.4 Å². The summed E-state index contributed by atoms with van der Waals surface area (Å²) < 4.78 is 40.0. The SMILES string of the molecule is O=C(CCn1cncn1)N1CCN(c2ccc(C(F)(F)F)cc2[N+](=O)[O-])CC1. The predicted molar refractivity (Wildman–Crippen MR) is 91.5 cm³/mol. The van der Waals surface area contributed by atoms with Crippen molar-refractivity contribution in [3.8, 4) is 0 Å². The molecule has 12 heteroatoms. The first-order valence-electron chi connectivity index (χ1n) is 8.46. The summed E-state index contributed by atoms with van der Waals surface area (Å²) in [6.07, 6.45) is -1.53. The van der Waals surface area contributed by atoms with Gasteiger partial charge < -0.3 is 9.80 Å². The Labute approximate surface area is 157 Å². The highest BCUT2D eigenvalue weighted by atomic mass is 19.4. The summed E-state index contributed by atoms with van der Waals surface area (Å²) >= 11 is 0. The number of amides is 1.